The predicted molar refractivity (Wildman–Crippen MR) is 66.6 cm³/mol. The van der Waals surface area contributed by atoms with E-state index in [0.29, 0.717) is 12.8 Å². The van der Waals surface area contributed by atoms with Crippen molar-refractivity contribution in [1.82, 2.24) is 10.2 Å². The molecule has 4 nitrogen and oxygen atoms in total. The van der Waals surface area contributed by atoms with Crippen molar-refractivity contribution in [2.24, 2.45) is 5.41 Å². The van der Waals surface area contributed by atoms with Crippen LogP contribution in [0.15, 0.2) is 0 Å². The second-order valence-electron chi connectivity index (χ2n) is 5.99. The van der Waals surface area contributed by atoms with E-state index in [1.165, 1.54) is 12.8 Å². The Labute approximate surface area is 103 Å². The molecule has 17 heavy (non-hydrogen) atoms. The van der Waals surface area contributed by atoms with Crippen LogP contribution in [0.25, 0.3) is 0 Å². The van der Waals surface area contributed by atoms with Crippen molar-refractivity contribution in [1.29, 1.82) is 0 Å². The number of hydrogen-bond donors (Lipinski definition) is 2. The van der Waals surface area contributed by atoms with Crippen LogP contribution >= 0.6 is 0 Å². The number of nitrogens with zero attached hydrogens (tertiary/aromatic N) is 1. The minimum absolute atomic E-state index is 0.127. The van der Waals surface area contributed by atoms with Crippen molar-refractivity contribution in [3.8, 4) is 0 Å². The maximum Gasteiger partial charge on any atom is 0.221 e. The SMILES string of the molecule is CC1(C)C(O)CC1NC(=O)CCN1CCCC1. The number of likely N-dealkylation sites (tertiary alicyclic amines) is 1. The summed E-state index contributed by atoms with van der Waals surface area (Å²) in [6.07, 6.45) is 3.55. The molecule has 0 radical (unpaired) electrons. The van der Waals surface area contributed by atoms with Gasteiger partial charge in [0.05, 0.1) is 6.10 Å². The summed E-state index contributed by atoms with van der Waals surface area (Å²) in [5, 5.41) is 12.6. The fraction of sp³-hybridized carbons (Fsp3) is 0.923. The molecule has 0 bridgehead atoms. The van der Waals surface area contributed by atoms with Gasteiger partial charge in [-0.2, -0.15) is 0 Å². The van der Waals surface area contributed by atoms with Crippen LogP contribution in [0.5, 0.6) is 0 Å². The molecule has 2 unspecified atom stereocenters. The molecule has 1 heterocycles. The van der Waals surface area contributed by atoms with Crippen molar-refractivity contribution < 1.29 is 9.90 Å². The highest BCUT2D eigenvalue weighted by atomic mass is 16.3. The third-order valence-electron chi connectivity index (χ3n) is 4.40. The smallest absolute Gasteiger partial charge is 0.221 e. The normalized spacial score (nSPS) is 32.2. The van der Waals surface area contributed by atoms with E-state index in [1.54, 1.807) is 0 Å². The Morgan fingerprint density at radius 1 is 1.41 bits per heavy atom. The Morgan fingerprint density at radius 3 is 2.59 bits per heavy atom. The quantitative estimate of drug-likeness (QED) is 0.762. The molecule has 2 rings (SSSR count). The monoisotopic (exact) mass is 240 g/mol. The van der Waals surface area contributed by atoms with Crippen LogP contribution in [0.1, 0.15) is 39.5 Å². The van der Waals surface area contributed by atoms with E-state index in [-0.39, 0.29) is 23.5 Å². The Bertz CT molecular complexity index is 285. The number of carbonyl (C=O) groups excluding carboxylic acids is 1. The Hall–Kier alpha value is -0.610. The van der Waals surface area contributed by atoms with Gasteiger partial charge in [-0.1, -0.05) is 13.8 Å². The van der Waals surface area contributed by atoms with Gasteiger partial charge in [0.1, 0.15) is 0 Å². The summed E-state index contributed by atoms with van der Waals surface area (Å²) in [4.78, 5) is 14.1. The Balaban J connectivity index is 1.67. The number of carbonyl (C=O) groups is 1. The zero-order valence-corrected chi connectivity index (χ0v) is 10.9. The summed E-state index contributed by atoms with van der Waals surface area (Å²) in [5.41, 5.74) is -0.163. The fourth-order valence-electron chi connectivity index (χ4n) is 2.68. The van der Waals surface area contributed by atoms with Gasteiger partial charge in [-0.25, -0.2) is 0 Å². The first-order valence-electron chi connectivity index (χ1n) is 6.70. The molecule has 0 aromatic carbocycles. The first kappa shape index (κ1) is 12.8. The lowest BCUT2D eigenvalue weighted by molar-refractivity contribution is -0.129. The van der Waals surface area contributed by atoms with Crippen molar-refractivity contribution in [2.45, 2.75) is 51.7 Å². The van der Waals surface area contributed by atoms with Gasteiger partial charge in [-0.3, -0.25) is 4.79 Å². The van der Waals surface area contributed by atoms with E-state index < -0.39 is 0 Å². The fourth-order valence-corrected chi connectivity index (χ4v) is 2.68. The van der Waals surface area contributed by atoms with Gasteiger partial charge in [0.15, 0.2) is 0 Å². The summed E-state index contributed by atoms with van der Waals surface area (Å²) < 4.78 is 0. The first-order valence-corrected chi connectivity index (χ1v) is 6.70. The number of rotatable bonds is 4. The van der Waals surface area contributed by atoms with Crippen LogP contribution in [0, 0.1) is 5.41 Å². The molecule has 1 saturated carbocycles. The van der Waals surface area contributed by atoms with E-state index in [1.807, 2.05) is 13.8 Å². The molecular weight excluding hydrogens is 216 g/mol. The summed E-state index contributed by atoms with van der Waals surface area (Å²) in [6, 6.07) is 0.142. The van der Waals surface area contributed by atoms with Gasteiger partial charge in [0.2, 0.25) is 5.91 Å². The lowest BCUT2D eigenvalue weighted by Crippen LogP contribution is -2.61. The highest BCUT2D eigenvalue weighted by molar-refractivity contribution is 5.76. The zero-order valence-electron chi connectivity index (χ0n) is 10.9. The highest BCUT2D eigenvalue weighted by Gasteiger charge is 2.47. The van der Waals surface area contributed by atoms with Crippen LogP contribution in [0.3, 0.4) is 0 Å². The van der Waals surface area contributed by atoms with E-state index in [0.717, 1.165) is 19.6 Å². The lowest BCUT2D eigenvalue weighted by atomic mass is 9.64. The minimum Gasteiger partial charge on any atom is -0.392 e. The topological polar surface area (TPSA) is 52.6 Å². The molecule has 1 aliphatic heterocycles. The van der Waals surface area contributed by atoms with Crippen molar-refractivity contribution in [2.75, 3.05) is 19.6 Å². The van der Waals surface area contributed by atoms with Crippen LogP contribution in [0.2, 0.25) is 0 Å². The summed E-state index contributed by atoms with van der Waals surface area (Å²) in [7, 11) is 0. The Morgan fingerprint density at radius 2 is 2.06 bits per heavy atom. The Kier molecular flexibility index (Phi) is 3.73. The molecule has 2 N–H and O–H groups in total. The van der Waals surface area contributed by atoms with E-state index >= 15 is 0 Å². The van der Waals surface area contributed by atoms with Gasteiger partial charge in [0, 0.05) is 24.4 Å². The molecule has 0 aromatic rings. The average molecular weight is 240 g/mol. The third-order valence-corrected chi connectivity index (χ3v) is 4.40. The maximum atomic E-state index is 11.8. The van der Waals surface area contributed by atoms with Crippen molar-refractivity contribution in [3.05, 3.63) is 0 Å². The van der Waals surface area contributed by atoms with Crippen LogP contribution in [0.4, 0.5) is 0 Å². The van der Waals surface area contributed by atoms with E-state index in [2.05, 4.69) is 10.2 Å². The molecule has 1 saturated heterocycles. The number of amides is 1. The van der Waals surface area contributed by atoms with Crippen LogP contribution in [-0.2, 0) is 4.79 Å². The van der Waals surface area contributed by atoms with Crippen LogP contribution < -0.4 is 5.32 Å². The largest absolute Gasteiger partial charge is 0.392 e. The van der Waals surface area contributed by atoms with E-state index in [9.17, 15) is 9.90 Å². The lowest BCUT2D eigenvalue weighted by Gasteiger charge is -2.49. The molecular formula is C13H24N2O2. The molecule has 4 heteroatoms. The standard InChI is InChI=1S/C13H24N2O2/c1-13(2)10(9-11(13)16)14-12(17)5-8-15-6-3-4-7-15/h10-11,16H,3-9H2,1-2H3,(H,14,17). The van der Waals surface area contributed by atoms with E-state index in [4.69, 9.17) is 0 Å². The highest BCUT2D eigenvalue weighted by Crippen LogP contribution is 2.40. The summed E-state index contributed by atoms with van der Waals surface area (Å²) in [6.45, 7) is 7.17. The molecule has 0 aromatic heterocycles. The predicted octanol–water partition coefficient (Wildman–Crippen LogP) is 0.748. The summed E-state index contributed by atoms with van der Waals surface area (Å²) in [5.74, 6) is 0.127. The number of aliphatic hydroxyl groups is 1. The molecule has 2 atom stereocenters. The van der Waals surface area contributed by atoms with Gasteiger partial charge in [0.25, 0.3) is 0 Å². The second-order valence-corrected chi connectivity index (χ2v) is 5.99. The number of aliphatic hydroxyl groups excluding tert-OH is 1. The van der Waals surface area contributed by atoms with Gasteiger partial charge in [-0.05, 0) is 32.4 Å². The molecule has 2 fully saturated rings. The first-order chi connectivity index (χ1) is 8.00. The number of hydrogen-bond acceptors (Lipinski definition) is 3. The average Bonchev–Trinajstić information content (AvgIpc) is 2.79. The van der Waals surface area contributed by atoms with Crippen LogP contribution in [-0.4, -0.2) is 47.7 Å². The van der Waals surface area contributed by atoms with Gasteiger partial charge < -0.3 is 15.3 Å². The second kappa shape index (κ2) is 4.94. The third kappa shape index (κ3) is 2.80. The van der Waals surface area contributed by atoms with Crippen molar-refractivity contribution >= 4 is 5.91 Å². The zero-order chi connectivity index (χ0) is 12.5. The number of nitrogens with one attached hydrogen (secondary N) is 1. The van der Waals surface area contributed by atoms with Gasteiger partial charge >= 0.3 is 0 Å². The maximum absolute atomic E-state index is 11.8. The summed E-state index contributed by atoms with van der Waals surface area (Å²) >= 11 is 0. The molecule has 2 aliphatic rings. The molecule has 1 amide bonds. The molecule has 98 valence electrons. The van der Waals surface area contributed by atoms with Crippen molar-refractivity contribution in [3.63, 3.8) is 0 Å². The molecule has 1 aliphatic carbocycles. The minimum atomic E-state index is -0.272. The van der Waals surface area contributed by atoms with Gasteiger partial charge in [-0.15, -0.1) is 0 Å². The molecule has 0 spiro atoms.